The molecule has 2 aromatic rings. The van der Waals surface area contributed by atoms with Crippen LogP contribution in [0.2, 0.25) is 0 Å². The third-order valence-corrected chi connectivity index (χ3v) is 4.48. The van der Waals surface area contributed by atoms with Crippen LogP contribution in [0, 0.1) is 0 Å². The first-order chi connectivity index (χ1) is 12.2. The molecule has 130 valence electrons. The van der Waals surface area contributed by atoms with Crippen LogP contribution >= 0.6 is 0 Å². The summed E-state index contributed by atoms with van der Waals surface area (Å²) >= 11 is 0. The monoisotopic (exact) mass is 337 g/mol. The number of carbonyl (C=O) groups is 2. The van der Waals surface area contributed by atoms with Gasteiger partial charge in [-0.05, 0) is 55.2 Å². The van der Waals surface area contributed by atoms with Crippen molar-refractivity contribution in [1.29, 1.82) is 0 Å². The van der Waals surface area contributed by atoms with Crippen molar-refractivity contribution in [2.75, 3.05) is 5.32 Å². The molecule has 2 amide bonds. The number of anilines is 1. The van der Waals surface area contributed by atoms with E-state index in [2.05, 4.69) is 15.6 Å². The van der Waals surface area contributed by atoms with Gasteiger partial charge in [0.15, 0.2) is 0 Å². The second-order valence-corrected chi connectivity index (χ2v) is 6.44. The SMILES string of the molecule is O=C(CCc1cccnc1)Nc1ccc(C(=O)NC2CCCC2)cc1. The minimum Gasteiger partial charge on any atom is -0.349 e. The van der Waals surface area contributed by atoms with Crippen LogP contribution in [-0.2, 0) is 11.2 Å². The maximum atomic E-state index is 12.2. The Labute approximate surface area is 147 Å². The van der Waals surface area contributed by atoms with E-state index in [9.17, 15) is 9.59 Å². The number of pyridine rings is 1. The van der Waals surface area contributed by atoms with E-state index in [1.165, 1.54) is 12.8 Å². The molecule has 1 fully saturated rings. The molecular weight excluding hydrogens is 314 g/mol. The third kappa shape index (κ3) is 5.14. The lowest BCUT2D eigenvalue weighted by molar-refractivity contribution is -0.116. The molecule has 5 nitrogen and oxygen atoms in total. The van der Waals surface area contributed by atoms with Gasteiger partial charge in [-0.2, -0.15) is 0 Å². The molecule has 0 bridgehead atoms. The van der Waals surface area contributed by atoms with Crippen molar-refractivity contribution in [3.05, 3.63) is 59.9 Å². The average Bonchev–Trinajstić information content (AvgIpc) is 3.14. The number of nitrogens with zero attached hydrogens (tertiary/aromatic N) is 1. The van der Waals surface area contributed by atoms with Crippen molar-refractivity contribution < 1.29 is 9.59 Å². The van der Waals surface area contributed by atoms with Crippen molar-refractivity contribution in [2.24, 2.45) is 0 Å². The molecule has 0 atom stereocenters. The molecule has 0 spiro atoms. The van der Waals surface area contributed by atoms with E-state index in [1.54, 1.807) is 36.7 Å². The van der Waals surface area contributed by atoms with Crippen molar-refractivity contribution in [3.63, 3.8) is 0 Å². The summed E-state index contributed by atoms with van der Waals surface area (Å²) in [5, 5.41) is 5.92. The number of rotatable bonds is 6. The number of hydrogen-bond donors (Lipinski definition) is 2. The number of aromatic nitrogens is 1. The van der Waals surface area contributed by atoms with Crippen molar-refractivity contribution >= 4 is 17.5 Å². The summed E-state index contributed by atoms with van der Waals surface area (Å²) in [5.74, 6) is -0.0895. The maximum Gasteiger partial charge on any atom is 0.251 e. The predicted octanol–water partition coefficient (Wildman–Crippen LogP) is 3.33. The van der Waals surface area contributed by atoms with Gasteiger partial charge in [0, 0.05) is 36.1 Å². The molecule has 25 heavy (non-hydrogen) atoms. The van der Waals surface area contributed by atoms with Gasteiger partial charge in [0.25, 0.3) is 5.91 Å². The lowest BCUT2D eigenvalue weighted by Crippen LogP contribution is -2.32. The summed E-state index contributed by atoms with van der Waals surface area (Å²) in [6.07, 6.45) is 9.05. The molecule has 0 saturated heterocycles. The number of hydrogen-bond acceptors (Lipinski definition) is 3. The number of amides is 2. The van der Waals surface area contributed by atoms with Gasteiger partial charge in [-0.25, -0.2) is 0 Å². The molecule has 0 radical (unpaired) electrons. The van der Waals surface area contributed by atoms with E-state index in [0.29, 0.717) is 30.1 Å². The van der Waals surface area contributed by atoms with Crippen LogP contribution in [-0.4, -0.2) is 22.8 Å². The second-order valence-electron chi connectivity index (χ2n) is 6.44. The van der Waals surface area contributed by atoms with Crippen LogP contribution in [0.1, 0.15) is 48.0 Å². The van der Waals surface area contributed by atoms with E-state index >= 15 is 0 Å². The van der Waals surface area contributed by atoms with E-state index in [1.807, 2.05) is 12.1 Å². The third-order valence-electron chi connectivity index (χ3n) is 4.48. The molecule has 1 saturated carbocycles. The molecule has 1 aromatic carbocycles. The van der Waals surface area contributed by atoms with Gasteiger partial charge < -0.3 is 10.6 Å². The average molecular weight is 337 g/mol. The Balaban J connectivity index is 1.48. The van der Waals surface area contributed by atoms with Gasteiger partial charge in [0.2, 0.25) is 5.91 Å². The van der Waals surface area contributed by atoms with Gasteiger partial charge >= 0.3 is 0 Å². The number of aryl methyl sites for hydroxylation is 1. The number of carbonyl (C=O) groups excluding carboxylic acids is 2. The molecule has 0 aliphatic heterocycles. The highest BCUT2D eigenvalue weighted by molar-refractivity contribution is 5.96. The smallest absolute Gasteiger partial charge is 0.251 e. The highest BCUT2D eigenvalue weighted by atomic mass is 16.2. The summed E-state index contributed by atoms with van der Waals surface area (Å²) in [7, 11) is 0. The maximum absolute atomic E-state index is 12.2. The molecule has 3 rings (SSSR count). The van der Waals surface area contributed by atoms with E-state index in [-0.39, 0.29) is 11.8 Å². The summed E-state index contributed by atoms with van der Waals surface area (Å²) in [6, 6.07) is 11.2. The fourth-order valence-electron chi connectivity index (χ4n) is 3.07. The Hall–Kier alpha value is -2.69. The van der Waals surface area contributed by atoms with E-state index in [4.69, 9.17) is 0 Å². The van der Waals surface area contributed by atoms with Crippen LogP contribution in [0.4, 0.5) is 5.69 Å². The Morgan fingerprint density at radius 3 is 2.52 bits per heavy atom. The fourth-order valence-corrected chi connectivity index (χ4v) is 3.07. The molecule has 1 aliphatic carbocycles. The summed E-state index contributed by atoms with van der Waals surface area (Å²) in [6.45, 7) is 0. The first-order valence-electron chi connectivity index (χ1n) is 8.80. The standard InChI is InChI=1S/C20H23N3O2/c24-19(12-7-15-4-3-13-21-14-15)22-18-10-8-16(9-11-18)20(25)23-17-5-1-2-6-17/h3-4,8-11,13-14,17H,1-2,5-7,12H2,(H,22,24)(H,23,25). The first-order valence-corrected chi connectivity index (χ1v) is 8.80. The minimum absolute atomic E-state index is 0.0404. The summed E-state index contributed by atoms with van der Waals surface area (Å²) in [4.78, 5) is 28.3. The van der Waals surface area contributed by atoms with Crippen molar-refractivity contribution in [2.45, 2.75) is 44.6 Å². The summed E-state index contributed by atoms with van der Waals surface area (Å²) < 4.78 is 0. The zero-order chi connectivity index (χ0) is 17.5. The van der Waals surface area contributed by atoms with Crippen LogP contribution in [0.3, 0.4) is 0 Å². The molecular formula is C20H23N3O2. The van der Waals surface area contributed by atoms with Crippen LogP contribution < -0.4 is 10.6 Å². The zero-order valence-corrected chi connectivity index (χ0v) is 14.2. The van der Waals surface area contributed by atoms with Gasteiger partial charge in [-0.15, -0.1) is 0 Å². The lowest BCUT2D eigenvalue weighted by atomic mass is 10.1. The molecule has 1 aromatic heterocycles. The van der Waals surface area contributed by atoms with Gasteiger partial charge in [0.05, 0.1) is 0 Å². The van der Waals surface area contributed by atoms with Crippen LogP contribution in [0.25, 0.3) is 0 Å². The molecule has 0 unspecified atom stereocenters. The van der Waals surface area contributed by atoms with E-state index < -0.39 is 0 Å². The predicted molar refractivity (Wildman–Crippen MR) is 97.4 cm³/mol. The summed E-state index contributed by atoms with van der Waals surface area (Å²) in [5.41, 5.74) is 2.37. The largest absolute Gasteiger partial charge is 0.349 e. The van der Waals surface area contributed by atoms with Gasteiger partial charge in [-0.1, -0.05) is 18.9 Å². The van der Waals surface area contributed by atoms with Crippen molar-refractivity contribution in [3.8, 4) is 0 Å². The Bertz CT molecular complexity index is 707. The molecule has 2 N–H and O–H groups in total. The van der Waals surface area contributed by atoms with Gasteiger partial charge in [-0.3, -0.25) is 14.6 Å². The highest BCUT2D eigenvalue weighted by Gasteiger charge is 2.17. The van der Waals surface area contributed by atoms with Crippen LogP contribution in [0.5, 0.6) is 0 Å². The van der Waals surface area contributed by atoms with Crippen LogP contribution in [0.15, 0.2) is 48.8 Å². The Kier molecular flexibility index (Phi) is 5.77. The molecule has 5 heteroatoms. The molecule has 1 heterocycles. The Morgan fingerprint density at radius 1 is 1.08 bits per heavy atom. The van der Waals surface area contributed by atoms with Crippen molar-refractivity contribution in [1.82, 2.24) is 10.3 Å². The fraction of sp³-hybridized carbons (Fsp3) is 0.350. The molecule has 1 aliphatic rings. The highest BCUT2D eigenvalue weighted by Crippen LogP contribution is 2.18. The van der Waals surface area contributed by atoms with Gasteiger partial charge in [0.1, 0.15) is 0 Å². The minimum atomic E-state index is -0.0491. The first kappa shape index (κ1) is 17.1. The topological polar surface area (TPSA) is 71.1 Å². The normalized spacial score (nSPS) is 14.2. The quantitative estimate of drug-likeness (QED) is 0.849. The number of benzene rings is 1. The Morgan fingerprint density at radius 2 is 1.84 bits per heavy atom. The lowest BCUT2D eigenvalue weighted by Gasteiger charge is -2.12. The van der Waals surface area contributed by atoms with E-state index in [0.717, 1.165) is 18.4 Å². The number of nitrogens with one attached hydrogen (secondary N) is 2. The second kappa shape index (κ2) is 8.42. The zero-order valence-electron chi connectivity index (χ0n) is 14.2.